The fourth-order valence-corrected chi connectivity index (χ4v) is 1.53. The van der Waals surface area contributed by atoms with E-state index in [9.17, 15) is 4.79 Å². The Morgan fingerprint density at radius 1 is 1.47 bits per heavy atom. The molecule has 0 amide bonds. The first-order chi connectivity index (χ1) is 9.17. The van der Waals surface area contributed by atoms with Gasteiger partial charge in [0, 0.05) is 0 Å². The number of hydrogen-bond acceptors (Lipinski definition) is 5. The van der Waals surface area contributed by atoms with E-state index in [0.29, 0.717) is 5.82 Å². The van der Waals surface area contributed by atoms with Gasteiger partial charge in [0.25, 0.3) is 0 Å². The van der Waals surface area contributed by atoms with Gasteiger partial charge < -0.3 is 9.84 Å². The molecule has 0 spiro atoms. The second-order valence-electron chi connectivity index (χ2n) is 3.92. The molecule has 7 nitrogen and oxygen atoms in total. The van der Waals surface area contributed by atoms with Crippen molar-refractivity contribution in [2.45, 2.75) is 26.5 Å². The van der Waals surface area contributed by atoms with Crippen molar-refractivity contribution in [1.82, 2.24) is 20.2 Å². The number of carboxylic acids is 1. The summed E-state index contributed by atoms with van der Waals surface area (Å²) in [7, 11) is 0. The lowest BCUT2D eigenvalue weighted by atomic mass is 10.2. The molecule has 7 heteroatoms. The van der Waals surface area contributed by atoms with E-state index in [2.05, 4.69) is 22.3 Å². The van der Waals surface area contributed by atoms with Crippen LogP contribution in [0.4, 0.5) is 0 Å². The number of carboxylic acid groups (broad SMARTS) is 1. The van der Waals surface area contributed by atoms with Gasteiger partial charge in [-0.15, -0.1) is 10.2 Å². The summed E-state index contributed by atoms with van der Waals surface area (Å²) in [5.74, 6) is 0.0672. The fourth-order valence-electron chi connectivity index (χ4n) is 1.53. The second kappa shape index (κ2) is 5.94. The minimum absolute atomic E-state index is 0.160. The van der Waals surface area contributed by atoms with Gasteiger partial charge in [0.2, 0.25) is 5.82 Å². The molecule has 0 aliphatic rings. The smallest absolute Gasteiger partial charge is 0.327 e. The average molecular weight is 262 g/mol. The van der Waals surface area contributed by atoms with Gasteiger partial charge in [-0.05, 0) is 29.3 Å². The summed E-state index contributed by atoms with van der Waals surface area (Å²) >= 11 is 0. The Hall–Kier alpha value is -2.44. The number of nitrogens with zero attached hydrogens (tertiary/aromatic N) is 4. The number of hydrogen-bond donors (Lipinski definition) is 1. The number of benzene rings is 1. The van der Waals surface area contributed by atoms with Gasteiger partial charge in [-0.25, -0.2) is 0 Å². The van der Waals surface area contributed by atoms with Crippen molar-refractivity contribution < 1.29 is 14.6 Å². The van der Waals surface area contributed by atoms with Crippen molar-refractivity contribution in [1.29, 1.82) is 0 Å². The van der Waals surface area contributed by atoms with Gasteiger partial charge in [-0.3, -0.25) is 4.79 Å². The highest BCUT2D eigenvalue weighted by Crippen LogP contribution is 2.14. The summed E-state index contributed by atoms with van der Waals surface area (Å²) in [4.78, 5) is 11.5. The first-order valence-electron chi connectivity index (χ1n) is 5.87. The maximum Gasteiger partial charge on any atom is 0.327 e. The molecule has 100 valence electrons. The zero-order valence-electron chi connectivity index (χ0n) is 10.5. The number of tetrazole rings is 1. The van der Waals surface area contributed by atoms with Gasteiger partial charge in [-0.2, -0.15) is 4.80 Å². The van der Waals surface area contributed by atoms with Crippen LogP contribution in [-0.2, 0) is 24.4 Å². The molecule has 0 saturated carbocycles. The highest BCUT2D eigenvalue weighted by molar-refractivity contribution is 5.66. The van der Waals surface area contributed by atoms with Crippen molar-refractivity contribution in [3.63, 3.8) is 0 Å². The standard InChI is InChI=1S/C12H14N4O3/c1-2-9-4-3-5-10(6-9)19-8-11-13-15-16(14-11)7-12(17)18/h3-6H,2,7-8H2,1H3,(H,17,18). The molecule has 0 saturated heterocycles. The quantitative estimate of drug-likeness (QED) is 0.831. The third kappa shape index (κ3) is 3.77. The molecule has 0 atom stereocenters. The van der Waals surface area contributed by atoms with Crippen molar-refractivity contribution in [2.24, 2.45) is 0 Å². The van der Waals surface area contributed by atoms with Crippen LogP contribution in [0, 0.1) is 0 Å². The summed E-state index contributed by atoms with van der Waals surface area (Å²) in [6.07, 6.45) is 0.935. The first-order valence-corrected chi connectivity index (χ1v) is 5.87. The summed E-state index contributed by atoms with van der Waals surface area (Å²) < 4.78 is 5.53. The van der Waals surface area contributed by atoms with E-state index < -0.39 is 5.97 Å². The van der Waals surface area contributed by atoms with E-state index in [1.807, 2.05) is 24.3 Å². The third-order valence-electron chi connectivity index (χ3n) is 2.45. The third-order valence-corrected chi connectivity index (χ3v) is 2.45. The molecule has 0 fully saturated rings. The van der Waals surface area contributed by atoms with Gasteiger partial charge in [0.15, 0.2) is 13.2 Å². The summed E-state index contributed by atoms with van der Waals surface area (Å²) in [6, 6.07) is 7.74. The van der Waals surface area contributed by atoms with Crippen LogP contribution in [0.25, 0.3) is 0 Å². The normalized spacial score (nSPS) is 10.4. The lowest BCUT2D eigenvalue weighted by Crippen LogP contribution is -2.12. The zero-order valence-corrected chi connectivity index (χ0v) is 10.5. The fraction of sp³-hybridized carbons (Fsp3) is 0.333. The van der Waals surface area contributed by atoms with Gasteiger partial charge >= 0.3 is 5.97 Å². The Labute approximate surface area is 109 Å². The highest BCUT2D eigenvalue weighted by atomic mass is 16.5. The number of rotatable bonds is 6. The van der Waals surface area contributed by atoms with E-state index in [-0.39, 0.29) is 13.2 Å². The van der Waals surface area contributed by atoms with Crippen LogP contribution in [0.5, 0.6) is 5.75 Å². The Balaban J connectivity index is 1.94. The van der Waals surface area contributed by atoms with Crippen LogP contribution in [0.15, 0.2) is 24.3 Å². The summed E-state index contributed by atoms with van der Waals surface area (Å²) in [5, 5.41) is 19.8. The van der Waals surface area contributed by atoms with Crippen molar-refractivity contribution in [3.05, 3.63) is 35.7 Å². The molecule has 0 unspecified atom stereocenters. The van der Waals surface area contributed by atoms with Crippen LogP contribution < -0.4 is 4.74 Å². The molecule has 1 N–H and O–H groups in total. The first kappa shape index (κ1) is 13.0. The number of aromatic nitrogens is 4. The SMILES string of the molecule is CCc1cccc(OCc2nnn(CC(=O)O)n2)c1. The van der Waals surface area contributed by atoms with Crippen molar-refractivity contribution >= 4 is 5.97 Å². The zero-order chi connectivity index (χ0) is 13.7. The van der Waals surface area contributed by atoms with Gasteiger partial charge in [0.05, 0.1) is 0 Å². The molecule has 19 heavy (non-hydrogen) atoms. The van der Waals surface area contributed by atoms with Gasteiger partial charge in [-0.1, -0.05) is 19.1 Å². The minimum atomic E-state index is -1.01. The lowest BCUT2D eigenvalue weighted by molar-refractivity contribution is -0.138. The average Bonchev–Trinajstić information content (AvgIpc) is 2.83. The number of ether oxygens (including phenoxy) is 1. The van der Waals surface area contributed by atoms with Crippen LogP contribution >= 0.6 is 0 Å². The molecule has 0 aliphatic carbocycles. The maximum atomic E-state index is 10.5. The highest BCUT2D eigenvalue weighted by Gasteiger charge is 2.06. The molecular weight excluding hydrogens is 248 g/mol. The monoisotopic (exact) mass is 262 g/mol. The van der Waals surface area contributed by atoms with Crippen LogP contribution in [0.1, 0.15) is 18.3 Å². The van der Waals surface area contributed by atoms with Crippen LogP contribution in [0.3, 0.4) is 0 Å². The van der Waals surface area contributed by atoms with E-state index in [4.69, 9.17) is 9.84 Å². The maximum absolute atomic E-state index is 10.5. The molecule has 2 rings (SSSR count). The number of aryl methyl sites for hydroxylation is 1. The van der Waals surface area contributed by atoms with E-state index in [0.717, 1.165) is 17.0 Å². The van der Waals surface area contributed by atoms with Crippen molar-refractivity contribution in [3.8, 4) is 5.75 Å². The van der Waals surface area contributed by atoms with Crippen molar-refractivity contribution in [2.75, 3.05) is 0 Å². The van der Waals surface area contributed by atoms with Crippen LogP contribution in [-0.4, -0.2) is 31.3 Å². The Morgan fingerprint density at radius 3 is 3.05 bits per heavy atom. The molecule has 0 radical (unpaired) electrons. The summed E-state index contributed by atoms with van der Waals surface area (Å²) in [5.41, 5.74) is 1.18. The topological polar surface area (TPSA) is 90.1 Å². The molecule has 2 aromatic rings. The predicted molar refractivity (Wildman–Crippen MR) is 65.6 cm³/mol. The second-order valence-corrected chi connectivity index (χ2v) is 3.92. The molecule has 0 aliphatic heterocycles. The predicted octanol–water partition coefficient (Wildman–Crippen LogP) is 0.899. The van der Waals surface area contributed by atoms with E-state index >= 15 is 0 Å². The minimum Gasteiger partial charge on any atom is -0.485 e. The Kier molecular flexibility index (Phi) is 4.07. The summed E-state index contributed by atoms with van der Waals surface area (Å²) in [6.45, 7) is 1.92. The number of carbonyl (C=O) groups is 1. The van der Waals surface area contributed by atoms with E-state index in [1.165, 1.54) is 5.56 Å². The lowest BCUT2D eigenvalue weighted by Gasteiger charge is -2.04. The Morgan fingerprint density at radius 2 is 2.32 bits per heavy atom. The molecular formula is C12H14N4O3. The number of aliphatic carboxylic acids is 1. The molecule has 1 heterocycles. The van der Waals surface area contributed by atoms with Gasteiger partial charge in [0.1, 0.15) is 5.75 Å². The Bertz CT molecular complexity index is 568. The molecule has 1 aromatic heterocycles. The molecule has 0 bridgehead atoms. The molecule has 1 aromatic carbocycles. The van der Waals surface area contributed by atoms with E-state index in [1.54, 1.807) is 0 Å². The van der Waals surface area contributed by atoms with Crippen LogP contribution in [0.2, 0.25) is 0 Å². The largest absolute Gasteiger partial charge is 0.485 e.